The van der Waals surface area contributed by atoms with Crippen LogP contribution in [0.4, 0.5) is 24.5 Å². The highest BCUT2D eigenvalue weighted by atomic mass is 127. The van der Waals surface area contributed by atoms with Crippen molar-refractivity contribution >= 4 is 45.7 Å². The molecule has 1 aliphatic heterocycles. The van der Waals surface area contributed by atoms with Gasteiger partial charge in [0.1, 0.15) is 11.9 Å². The summed E-state index contributed by atoms with van der Waals surface area (Å²) in [7, 11) is 0. The molecule has 1 unspecified atom stereocenters. The van der Waals surface area contributed by atoms with Crippen LogP contribution in [0.15, 0.2) is 30.3 Å². The lowest BCUT2D eigenvalue weighted by Crippen LogP contribution is -2.54. The van der Waals surface area contributed by atoms with Gasteiger partial charge in [-0.05, 0) is 52.9 Å². The van der Waals surface area contributed by atoms with Crippen molar-refractivity contribution in [1.82, 2.24) is 10.6 Å². The molecule has 0 saturated carbocycles. The summed E-state index contributed by atoms with van der Waals surface area (Å²) in [6.07, 6.45) is 0. The van der Waals surface area contributed by atoms with Crippen LogP contribution in [0.25, 0.3) is 0 Å². The van der Waals surface area contributed by atoms with Gasteiger partial charge in [-0.1, -0.05) is 0 Å². The van der Waals surface area contributed by atoms with Crippen LogP contribution in [0.1, 0.15) is 10.4 Å². The summed E-state index contributed by atoms with van der Waals surface area (Å²) in [5.41, 5.74) is -1.06. The number of carbonyl (C=O) groups excluding carboxylic acids is 2. The van der Waals surface area contributed by atoms with Crippen LogP contribution in [-0.4, -0.2) is 42.5 Å². The quantitative estimate of drug-likeness (QED) is 0.333. The number of halogens is 4. The van der Waals surface area contributed by atoms with E-state index in [2.05, 4.69) is 16.0 Å². The Morgan fingerprint density at radius 2 is 1.90 bits per heavy atom. The van der Waals surface area contributed by atoms with E-state index in [4.69, 9.17) is 0 Å². The molecule has 0 radical (unpaired) electrons. The lowest BCUT2D eigenvalue weighted by Gasteiger charge is -2.28. The van der Waals surface area contributed by atoms with Gasteiger partial charge in [-0.25, -0.2) is 13.2 Å². The van der Waals surface area contributed by atoms with Crippen molar-refractivity contribution in [1.29, 1.82) is 0 Å². The van der Waals surface area contributed by atoms with Gasteiger partial charge in [-0.15, -0.1) is 0 Å². The number of rotatable bonds is 7. The zero-order chi connectivity index (χ0) is 21.1. The van der Waals surface area contributed by atoms with Crippen molar-refractivity contribution < 1.29 is 27.9 Å². The number of ketones is 1. The lowest BCUT2D eigenvalue weighted by atomic mass is 9.99. The van der Waals surface area contributed by atoms with Crippen molar-refractivity contribution in [3.05, 3.63) is 56.9 Å². The fourth-order valence-corrected chi connectivity index (χ4v) is 3.20. The second kappa shape index (κ2) is 9.09. The normalized spacial score (nSPS) is 14.8. The molecule has 1 heterocycles. The Labute approximate surface area is 178 Å². The first-order valence-corrected chi connectivity index (χ1v) is 9.76. The van der Waals surface area contributed by atoms with Crippen LogP contribution in [0, 0.1) is 26.9 Å². The van der Waals surface area contributed by atoms with Crippen molar-refractivity contribution in [2.75, 3.05) is 25.0 Å². The van der Waals surface area contributed by atoms with E-state index in [9.17, 15) is 27.9 Å². The van der Waals surface area contributed by atoms with E-state index in [-0.39, 0.29) is 17.2 Å². The van der Waals surface area contributed by atoms with E-state index in [1.807, 2.05) is 22.6 Å². The standard InChI is InChI=1S/C19H17F3IN3O3/c20-12-3-2-11(18(28)15(8-27)26-19(29)9-6-24-7-9)17(16(12)22)25-14-4-1-10(23)5-13(14)21/h1-5,9,15,24-25,27H,6-8H2,(H,26,29). The predicted molar refractivity (Wildman–Crippen MR) is 108 cm³/mol. The van der Waals surface area contributed by atoms with Crippen LogP contribution in [0.2, 0.25) is 0 Å². The first-order valence-electron chi connectivity index (χ1n) is 8.68. The van der Waals surface area contributed by atoms with Gasteiger partial charge in [0, 0.05) is 22.2 Å². The number of carbonyl (C=O) groups is 2. The molecule has 1 saturated heterocycles. The van der Waals surface area contributed by atoms with Crippen LogP contribution in [0.3, 0.4) is 0 Å². The van der Waals surface area contributed by atoms with Crippen molar-refractivity contribution in [2.45, 2.75) is 6.04 Å². The smallest absolute Gasteiger partial charge is 0.226 e. The van der Waals surface area contributed by atoms with Gasteiger partial charge < -0.3 is 21.1 Å². The van der Waals surface area contributed by atoms with E-state index in [0.717, 1.165) is 12.1 Å². The third-order valence-corrected chi connectivity index (χ3v) is 5.19. The minimum Gasteiger partial charge on any atom is -0.394 e. The molecule has 1 atom stereocenters. The van der Waals surface area contributed by atoms with E-state index >= 15 is 0 Å². The maximum atomic E-state index is 14.5. The molecule has 0 bridgehead atoms. The first-order chi connectivity index (χ1) is 13.8. The summed E-state index contributed by atoms with van der Waals surface area (Å²) in [5, 5.41) is 17.3. The highest BCUT2D eigenvalue weighted by Crippen LogP contribution is 2.29. The second-order valence-corrected chi connectivity index (χ2v) is 7.74. The largest absolute Gasteiger partial charge is 0.394 e. The summed E-state index contributed by atoms with van der Waals surface area (Å²) < 4.78 is 43.0. The molecular formula is C19H17F3IN3O3. The molecule has 0 spiro atoms. The molecule has 3 rings (SSSR count). The van der Waals surface area contributed by atoms with Crippen LogP contribution < -0.4 is 16.0 Å². The second-order valence-electron chi connectivity index (χ2n) is 6.50. The number of hydrogen-bond acceptors (Lipinski definition) is 5. The van der Waals surface area contributed by atoms with Gasteiger partial charge >= 0.3 is 0 Å². The van der Waals surface area contributed by atoms with Gasteiger partial charge in [-0.2, -0.15) is 0 Å². The Morgan fingerprint density at radius 3 is 2.48 bits per heavy atom. The summed E-state index contributed by atoms with van der Waals surface area (Å²) >= 11 is 1.89. The highest BCUT2D eigenvalue weighted by Gasteiger charge is 2.31. The predicted octanol–water partition coefficient (Wildman–Crippen LogP) is 2.33. The van der Waals surface area contributed by atoms with Crippen molar-refractivity contribution in [2.24, 2.45) is 5.92 Å². The number of aliphatic hydroxyl groups is 1. The Balaban J connectivity index is 1.92. The monoisotopic (exact) mass is 519 g/mol. The average molecular weight is 519 g/mol. The number of Topliss-reactive ketones (excluding diaryl/α,β-unsaturated/α-hetero) is 1. The number of amides is 1. The summed E-state index contributed by atoms with van der Waals surface area (Å²) in [4.78, 5) is 24.9. The van der Waals surface area contributed by atoms with Gasteiger partial charge in [-0.3, -0.25) is 9.59 Å². The molecule has 0 aromatic heterocycles. The minimum absolute atomic E-state index is 0.158. The Hall–Kier alpha value is -2.18. The minimum atomic E-state index is -1.37. The first kappa shape index (κ1) is 21.5. The lowest BCUT2D eigenvalue weighted by molar-refractivity contribution is -0.127. The van der Waals surface area contributed by atoms with Gasteiger partial charge in [0.15, 0.2) is 17.4 Å². The van der Waals surface area contributed by atoms with E-state index in [1.165, 1.54) is 12.1 Å². The fourth-order valence-electron chi connectivity index (χ4n) is 2.75. The summed E-state index contributed by atoms with van der Waals surface area (Å²) in [6, 6.07) is 4.48. The molecule has 2 aromatic carbocycles. The number of anilines is 2. The molecular weight excluding hydrogens is 502 g/mol. The summed E-state index contributed by atoms with van der Waals surface area (Å²) in [6.45, 7) is 0.158. The molecule has 1 amide bonds. The zero-order valence-corrected chi connectivity index (χ0v) is 17.1. The van der Waals surface area contributed by atoms with E-state index in [1.54, 1.807) is 6.07 Å². The molecule has 6 nitrogen and oxygen atoms in total. The summed E-state index contributed by atoms with van der Waals surface area (Å²) in [5.74, 6) is -4.93. The molecule has 0 aliphatic carbocycles. The topological polar surface area (TPSA) is 90.5 Å². The van der Waals surface area contributed by atoms with Gasteiger partial charge in [0.2, 0.25) is 5.91 Å². The Bertz CT molecular complexity index is 954. The Kier molecular flexibility index (Phi) is 6.75. The van der Waals surface area contributed by atoms with Crippen molar-refractivity contribution in [3.8, 4) is 0 Å². The maximum absolute atomic E-state index is 14.5. The van der Waals surface area contributed by atoms with Crippen LogP contribution in [-0.2, 0) is 4.79 Å². The van der Waals surface area contributed by atoms with Gasteiger partial charge in [0.25, 0.3) is 0 Å². The molecule has 4 N–H and O–H groups in total. The molecule has 2 aromatic rings. The molecule has 1 fully saturated rings. The third kappa shape index (κ3) is 4.70. The maximum Gasteiger partial charge on any atom is 0.226 e. The third-order valence-electron chi connectivity index (χ3n) is 4.52. The number of benzene rings is 2. The number of nitrogens with one attached hydrogen (secondary N) is 3. The SMILES string of the molecule is O=C(NC(CO)C(=O)c1ccc(F)c(F)c1Nc1ccc(I)cc1F)C1CNC1. The molecule has 154 valence electrons. The molecule has 1 aliphatic rings. The van der Waals surface area contributed by atoms with Crippen LogP contribution >= 0.6 is 22.6 Å². The number of aliphatic hydroxyl groups excluding tert-OH is 1. The highest BCUT2D eigenvalue weighted by molar-refractivity contribution is 14.1. The van der Waals surface area contributed by atoms with Crippen molar-refractivity contribution in [3.63, 3.8) is 0 Å². The van der Waals surface area contributed by atoms with Gasteiger partial charge in [0.05, 0.1) is 23.9 Å². The van der Waals surface area contributed by atoms with Crippen LogP contribution in [0.5, 0.6) is 0 Å². The molecule has 29 heavy (non-hydrogen) atoms. The average Bonchev–Trinajstić information content (AvgIpc) is 2.63. The number of hydrogen-bond donors (Lipinski definition) is 4. The van der Waals surface area contributed by atoms with E-state index in [0.29, 0.717) is 16.7 Å². The zero-order valence-electron chi connectivity index (χ0n) is 14.9. The van der Waals surface area contributed by atoms with E-state index < -0.39 is 47.5 Å². The Morgan fingerprint density at radius 1 is 1.17 bits per heavy atom. The molecule has 10 heteroatoms. The fraction of sp³-hybridized carbons (Fsp3) is 0.263.